The van der Waals surface area contributed by atoms with Gasteiger partial charge in [-0.25, -0.2) is 19.9 Å². The molecule has 0 aliphatic carbocycles. The Morgan fingerprint density at radius 1 is 0.318 bits per heavy atom. The molecule has 0 radical (unpaired) electrons. The molecule has 0 unspecified atom stereocenters. The first-order chi connectivity index (χ1) is 21.8. The number of anilines is 4. The van der Waals surface area contributed by atoms with E-state index in [0.29, 0.717) is 0 Å². The van der Waals surface area contributed by atoms with Crippen molar-refractivity contribution in [3.8, 4) is 0 Å². The maximum absolute atomic E-state index is 4.26. The zero-order chi connectivity index (χ0) is 30.1. The van der Waals surface area contributed by atoms with Crippen LogP contribution in [0.15, 0.2) is 146 Å². The van der Waals surface area contributed by atoms with Gasteiger partial charge in [-0.15, -0.1) is 0 Å². The average Bonchev–Trinajstić information content (AvgIpc) is 3.10. The Hall–Kier alpha value is -5.76. The van der Waals surface area contributed by atoms with Gasteiger partial charge in [0, 0.05) is 51.0 Å². The monoisotopic (exact) mass is 580 g/mol. The molecule has 0 amide bonds. The average molecular weight is 581 g/mol. The van der Waals surface area contributed by atoms with E-state index in [1.165, 1.54) is 22.3 Å². The molecule has 0 bridgehead atoms. The second kappa shape index (κ2) is 16.6. The van der Waals surface area contributed by atoms with Crippen molar-refractivity contribution in [2.24, 2.45) is 0 Å². The van der Waals surface area contributed by atoms with E-state index in [2.05, 4.69) is 89.7 Å². The number of aromatic nitrogens is 4. The smallest absolute Gasteiger partial charge is 0.126 e. The van der Waals surface area contributed by atoms with E-state index in [1.807, 2.05) is 72.8 Å². The van der Waals surface area contributed by atoms with Crippen molar-refractivity contribution in [3.63, 3.8) is 0 Å². The molecule has 4 heterocycles. The normalized spacial score (nSPS) is 10.2. The molecule has 8 nitrogen and oxygen atoms in total. The summed E-state index contributed by atoms with van der Waals surface area (Å²) in [6.07, 6.45) is 7.15. The van der Waals surface area contributed by atoms with Crippen molar-refractivity contribution in [2.75, 3.05) is 21.3 Å². The molecule has 0 saturated carbocycles. The van der Waals surface area contributed by atoms with E-state index >= 15 is 0 Å². The van der Waals surface area contributed by atoms with Gasteiger partial charge in [0.15, 0.2) is 0 Å². The quantitative estimate of drug-likeness (QED) is 0.119. The lowest BCUT2D eigenvalue weighted by Crippen LogP contribution is -2.04. The van der Waals surface area contributed by atoms with Crippen LogP contribution in [0, 0.1) is 0 Å². The van der Waals surface area contributed by atoms with Crippen LogP contribution in [0.1, 0.15) is 22.3 Å². The molecular weight excluding hydrogens is 544 g/mol. The molecule has 220 valence electrons. The Bertz CT molecular complexity index is 1410. The minimum absolute atomic E-state index is 0.758. The van der Waals surface area contributed by atoms with E-state index < -0.39 is 0 Å². The fourth-order valence-electron chi connectivity index (χ4n) is 4.34. The number of nitrogens with zero attached hydrogens (tertiary/aromatic N) is 4. The minimum atomic E-state index is 0.758. The molecule has 4 N–H and O–H groups in total. The summed E-state index contributed by atoms with van der Waals surface area (Å²) in [4.78, 5) is 17.0. The van der Waals surface area contributed by atoms with Crippen LogP contribution in [0.25, 0.3) is 0 Å². The topological polar surface area (TPSA) is 99.7 Å². The molecule has 0 saturated heterocycles. The van der Waals surface area contributed by atoms with Crippen molar-refractivity contribution >= 4 is 23.3 Å². The third-order valence-corrected chi connectivity index (χ3v) is 6.54. The fraction of sp³-hybridized carbons (Fsp3) is 0.111. The molecule has 8 heteroatoms. The third kappa shape index (κ3) is 10.3. The number of hydrogen-bond acceptors (Lipinski definition) is 8. The highest BCUT2D eigenvalue weighted by Crippen LogP contribution is 2.12. The standard InChI is InChI=1S/2C18H18N4/c2*1-3-10-19-17(8-1)21-13-15-6-5-7-16(12-15)14-22-18-9-2-4-11-20-18/h2*1-12H,13-14H2,(H,19,21)(H,20,22). The number of benzene rings is 2. The van der Waals surface area contributed by atoms with Crippen LogP contribution in [0.5, 0.6) is 0 Å². The zero-order valence-corrected chi connectivity index (χ0v) is 24.5. The third-order valence-electron chi connectivity index (χ3n) is 6.54. The van der Waals surface area contributed by atoms with Crippen LogP contribution in [0.3, 0.4) is 0 Å². The highest BCUT2D eigenvalue weighted by Gasteiger charge is 2.00. The highest BCUT2D eigenvalue weighted by molar-refractivity contribution is 5.39. The Morgan fingerprint density at radius 2 is 0.591 bits per heavy atom. The number of pyridine rings is 4. The summed E-state index contributed by atoms with van der Waals surface area (Å²) < 4.78 is 0. The van der Waals surface area contributed by atoms with Gasteiger partial charge in [0.25, 0.3) is 0 Å². The van der Waals surface area contributed by atoms with Gasteiger partial charge in [-0.05, 0) is 70.8 Å². The summed E-state index contributed by atoms with van der Waals surface area (Å²) in [7, 11) is 0. The molecule has 0 spiro atoms. The van der Waals surface area contributed by atoms with Crippen molar-refractivity contribution in [2.45, 2.75) is 26.2 Å². The van der Waals surface area contributed by atoms with Gasteiger partial charge in [-0.2, -0.15) is 0 Å². The molecule has 2 aromatic carbocycles. The van der Waals surface area contributed by atoms with Crippen LogP contribution in [-0.4, -0.2) is 19.9 Å². The van der Waals surface area contributed by atoms with Gasteiger partial charge in [-0.3, -0.25) is 0 Å². The van der Waals surface area contributed by atoms with E-state index in [4.69, 9.17) is 0 Å². The van der Waals surface area contributed by atoms with Crippen LogP contribution >= 0.6 is 0 Å². The molecule has 0 fully saturated rings. The number of rotatable bonds is 12. The van der Waals surface area contributed by atoms with Crippen LogP contribution in [-0.2, 0) is 26.2 Å². The molecule has 6 rings (SSSR count). The van der Waals surface area contributed by atoms with E-state index in [1.54, 1.807) is 24.8 Å². The molecule has 0 aliphatic heterocycles. The fourth-order valence-corrected chi connectivity index (χ4v) is 4.34. The SMILES string of the molecule is c1ccc(NCc2cccc(CNc3ccccn3)c2)nc1.c1ccc(NCc2cccc(CNc3ccccn3)c2)nc1. The van der Waals surface area contributed by atoms with Crippen molar-refractivity contribution < 1.29 is 0 Å². The largest absolute Gasteiger partial charge is 0.366 e. The summed E-state index contributed by atoms with van der Waals surface area (Å²) in [6, 6.07) is 40.4. The molecule has 0 atom stereocenters. The van der Waals surface area contributed by atoms with E-state index in [-0.39, 0.29) is 0 Å². The maximum Gasteiger partial charge on any atom is 0.126 e. The predicted octanol–water partition coefficient (Wildman–Crippen LogP) is 7.40. The lowest BCUT2D eigenvalue weighted by molar-refractivity contribution is 1.07. The van der Waals surface area contributed by atoms with Gasteiger partial charge < -0.3 is 21.3 Å². The highest BCUT2D eigenvalue weighted by atomic mass is 15.0. The summed E-state index contributed by atoms with van der Waals surface area (Å²) in [5.41, 5.74) is 4.91. The van der Waals surface area contributed by atoms with E-state index in [0.717, 1.165) is 49.5 Å². The van der Waals surface area contributed by atoms with Crippen molar-refractivity contribution in [1.82, 2.24) is 19.9 Å². The Labute approximate surface area is 258 Å². The van der Waals surface area contributed by atoms with Gasteiger partial charge >= 0.3 is 0 Å². The lowest BCUT2D eigenvalue weighted by atomic mass is 10.1. The molecular formula is C36H36N8. The predicted molar refractivity (Wildman–Crippen MR) is 179 cm³/mol. The summed E-state index contributed by atoms with van der Waals surface area (Å²) >= 11 is 0. The van der Waals surface area contributed by atoms with Crippen molar-refractivity contribution in [1.29, 1.82) is 0 Å². The summed E-state index contributed by atoms with van der Waals surface area (Å²) in [5, 5.41) is 13.3. The minimum Gasteiger partial charge on any atom is -0.366 e. The first kappa shape index (κ1) is 29.7. The zero-order valence-electron chi connectivity index (χ0n) is 24.5. The second-order valence-electron chi connectivity index (χ2n) is 9.91. The number of hydrogen-bond donors (Lipinski definition) is 4. The van der Waals surface area contributed by atoms with Gasteiger partial charge in [0.1, 0.15) is 23.3 Å². The van der Waals surface area contributed by atoms with E-state index in [9.17, 15) is 0 Å². The Balaban J connectivity index is 0.000000175. The van der Waals surface area contributed by atoms with Crippen LogP contribution < -0.4 is 21.3 Å². The van der Waals surface area contributed by atoms with Gasteiger partial charge in [0.2, 0.25) is 0 Å². The summed E-state index contributed by atoms with van der Waals surface area (Å²) in [5.74, 6) is 3.55. The number of nitrogens with one attached hydrogen (secondary N) is 4. The Morgan fingerprint density at radius 3 is 0.818 bits per heavy atom. The molecule has 6 aromatic rings. The molecule has 4 aromatic heterocycles. The van der Waals surface area contributed by atoms with Gasteiger partial charge in [-0.1, -0.05) is 72.8 Å². The lowest BCUT2D eigenvalue weighted by Gasteiger charge is -2.09. The van der Waals surface area contributed by atoms with Crippen molar-refractivity contribution in [3.05, 3.63) is 168 Å². The maximum atomic E-state index is 4.26. The second-order valence-corrected chi connectivity index (χ2v) is 9.91. The Kier molecular flexibility index (Phi) is 11.2. The first-order valence-corrected chi connectivity index (χ1v) is 14.6. The molecule has 0 aliphatic rings. The summed E-state index contributed by atoms with van der Waals surface area (Å²) in [6.45, 7) is 3.03. The van der Waals surface area contributed by atoms with Gasteiger partial charge in [0.05, 0.1) is 0 Å². The molecule has 44 heavy (non-hydrogen) atoms. The van der Waals surface area contributed by atoms with Crippen LogP contribution in [0.4, 0.5) is 23.3 Å². The first-order valence-electron chi connectivity index (χ1n) is 14.6. The van der Waals surface area contributed by atoms with Crippen LogP contribution in [0.2, 0.25) is 0 Å².